The molecule has 9 nitrogen and oxygen atoms in total. The number of methoxy groups -OCH3 is 1. The predicted octanol–water partition coefficient (Wildman–Crippen LogP) is 2.69. The van der Waals surface area contributed by atoms with Gasteiger partial charge in [-0.15, -0.1) is 5.11 Å². The minimum atomic E-state index is -0.662. The van der Waals surface area contributed by atoms with Gasteiger partial charge in [-0.25, -0.2) is 4.79 Å². The maximum Gasteiger partial charge on any atom is 0.431 e. The third kappa shape index (κ3) is 3.56. The van der Waals surface area contributed by atoms with Crippen LogP contribution in [0.25, 0.3) is 10.8 Å². The molecule has 0 atom stereocenters. The van der Waals surface area contributed by atoms with Gasteiger partial charge in [0, 0.05) is 31.1 Å². The Hall–Kier alpha value is -3.33. The van der Waals surface area contributed by atoms with Crippen molar-refractivity contribution in [2.75, 3.05) is 41.3 Å². The first kappa shape index (κ1) is 19.4. The Kier molecular flexibility index (Phi) is 5.36. The minimum absolute atomic E-state index is 0.289. The van der Waals surface area contributed by atoms with Crippen molar-refractivity contribution < 1.29 is 19.1 Å². The molecule has 1 heterocycles. The fourth-order valence-corrected chi connectivity index (χ4v) is 2.99. The van der Waals surface area contributed by atoms with Crippen LogP contribution in [0, 0.1) is 0 Å². The average Bonchev–Trinajstić information content (AvgIpc) is 2.68. The first-order valence-corrected chi connectivity index (χ1v) is 8.64. The van der Waals surface area contributed by atoms with Gasteiger partial charge in [0.05, 0.1) is 18.4 Å². The smallest absolute Gasteiger partial charge is 0.431 e. The van der Waals surface area contributed by atoms with Crippen molar-refractivity contribution in [3.63, 3.8) is 0 Å². The van der Waals surface area contributed by atoms with Crippen LogP contribution in [-0.2, 0) is 4.74 Å². The van der Waals surface area contributed by atoms with E-state index in [0.717, 1.165) is 5.01 Å². The molecule has 1 aliphatic heterocycles. The summed E-state index contributed by atoms with van der Waals surface area (Å²) in [6, 6.07) is 8.59. The quantitative estimate of drug-likeness (QED) is 0.449. The number of nitrogens with zero attached hydrogens (tertiary/aromatic N) is 5. The summed E-state index contributed by atoms with van der Waals surface area (Å²) < 4.78 is 4.56. The van der Waals surface area contributed by atoms with Crippen LogP contribution < -0.4 is 0 Å². The van der Waals surface area contributed by atoms with Gasteiger partial charge in [-0.2, -0.15) is 5.01 Å². The standard InChI is InChI=1S/C19H21N5O4/c1-22(2)8-9-24-17(25)14-7-5-6-12-10-13(11-15(16(12)14)18(24)26)20-21-23(3)19(27)28-4/h5-7,10-11H,8-9H2,1-4H3/b21-20+. The highest BCUT2D eigenvalue weighted by molar-refractivity contribution is 6.25. The zero-order valence-electron chi connectivity index (χ0n) is 16.2. The van der Waals surface area contributed by atoms with Crippen molar-refractivity contribution in [1.82, 2.24) is 14.8 Å². The molecule has 3 amide bonds. The van der Waals surface area contributed by atoms with Crippen LogP contribution in [0.2, 0.25) is 0 Å². The molecule has 2 aromatic carbocycles. The molecule has 0 N–H and O–H groups in total. The van der Waals surface area contributed by atoms with Gasteiger partial charge in [0.2, 0.25) is 0 Å². The van der Waals surface area contributed by atoms with Crippen LogP contribution in [0.5, 0.6) is 0 Å². The van der Waals surface area contributed by atoms with Crippen LogP contribution in [0.4, 0.5) is 10.5 Å². The number of imide groups is 1. The van der Waals surface area contributed by atoms with Gasteiger partial charge in [0.25, 0.3) is 11.8 Å². The number of likely N-dealkylation sites (N-methyl/N-ethyl adjacent to an activating group) is 1. The fourth-order valence-electron chi connectivity index (χ4n) is 2.99. The van der Waals surface area contributed by atoms with Gasteiger partial charge in [-0.05, 0) is 37.7 Å². The summed E-state index contributed by atoms with van der Waals surface area (Å²) in [5.41, 5.74) is 1.27. The highest BCUT2D eigenvalue weighted by Crippen LogP contribution is 2.33. The van der Waals surface area contributed by atoms with Crippen LogP contribution >= 0.6 is 0 Å². The Morgan fingerprint density at radius 3 is 2.50 bits per heavy atom. The number of hydrogen-bond donors (Lipinski definition) is 0. The minimum Gasteiger partial charge on any atom is -0.451 e. The highest BCUT2D eigenvalue weighted by Gasteiger charge is 2.32. The SMILES string of the molecule is COC(=O)N(C)/N=N/c1cc2c3c(cccc3c1)C(=O)N(CCN(C)C)C2=O. The van der Waals surface area contributed by atoms with E-state index in [1.165, 1.54) is 19.1 Å². The average molecular weight is 383 g/mol. The molecule has 0 spiro atoms. The molecule has 2 aromatic rings. The molecular weight excluding hydrogens is 362 g/mol. The summed E-state index contributed by atoms with van der Waals surface area (Å²) in [4.78, 5) is 40.4. The molecule has 28 heavy (non-hydrogen) atoms. The zero-order valence-corrected chi connectivity index (χ0v) is 16.2. The number of carbonyl (C=O) groups excluding carboxylic acids is 3. The lowest BCUT2D eigenvalue weighted by Crippen LogP contribution is -2.43. The molecular formula is C19H21N5O4. The van der Waals surface area contributed by atoms with E-state index >= 15 is 0 Å². The summed E-state index contributed by atoms with van der Waals surface area (Å²) in [7, 11) is 6.41. The second-order valence-electron chi connectivity index (χ2n) is 6.65. The number of carbonyl (C=O) groups is 3. The summed E-state index contributed by atoms with van der Waals surface area (Å²) >= 11 is 0. The molecule has 0 aliphatic carbocycles. The first-order valence-electron chi connectivity index (χ1n) is 8.64. The van der Waals surface area contributed by atoms with E-state index in [9.17, 15) is 14.4 Å². The molecule has 9 heteroatoms. The monoisotopic (exact) mass is 383 g/mol. The van der Waals surface area contributed by atoms with E-state index in [2.05, 4.69) is 15.1 Å². The first-order chi connectivity index (χ1) is 13.3. The van der Waals surface area contributed by atoms with Crippen molar-refractivity contribution >= 4 is 34.4 Å². The lowest BCUT2D eigenvalue weighted by atomic mass is 9.93. The van der Waals surface area contributed by atoms with Gasteiger partial charge >= 0.3 is 6.09 Å². The van der Waals surface area contributed by atoms with Crippen molar-refractivity contribution in [1.29, 1.82) is 0 Å². The van der Waals surface area contributed by atoms with E-state index in [1.54, 1.807) is 30.3 Å². The Morgan fingerprint density at radius 2 is 1.82 bits per heavy atom. The third-order valence-electron chi connectivity index (χ3n) is 4.42. The van der Waals surface area contributed by atoms with Crippen molar-refractivity contribution in [3.8, 4) is 0 Å². The molecule has 0 saturated carbocycles. The van der Waals surface area contributed by atoms with E-state index in [0.29, 0.717) is 34.1 Å². The van der Waals surface area contributed by atoms with E-state index < -0.39 is 6.09 Å². The second kappa shape index (κ2) is 7.73. The number of ether oxygens (including phenoxy) is 1. The Balaban J connectivity index is 2.04. The fraction of sp³-hybridized carbons (Fsp3) is 0.316. The molecule has 1 aliphatic rings. The van der Waals surface area contributed by atoms with Gasteiger partial charge in [0.15, 0.2) is 0 Å². The molecule has 0 saturated heterocycles. The van der Waals surface area contributed by atoms with Crippen LogP contribution in [-0.4, -0.2) is 74.1 Å². The van der Waals surface area contributed by atoms with E-state index in [1.807, 2.05) is 19.0 Å². The normalized spacial score (nSPS) is 13.7. The number of hydrogen-bond acceptors (Lipinski definition) is 7. The topological polar surface area (TPSA) is 94.9 Å². The Labute approximate surface area is 162 Å². The van der Waals surface area contributed by atoms with Crippen molar-refractivity contribution in [2.45, 2.75) is 0 Å². The summed E-state index contributed by atoms with van der Waals surface area (Å²) in [5.74, 6) is -0.668. The van der Waals surface area contributed by atoms with Gasteiger partial charge < -0.3 is 9.64 Å². The molecule has 3 rings (SSSR count). The van der Waals surface area contributed by atoms with E-state index in [-0.39, 0.29) is 18.4 Å². The van der Waals surface area contributed by atoms with Gasteiger partial charge in [0.1, 0.15) is 0 Å². The number of rotatable bonds is 5. The van der Waals surface area contributed by atoms with Crippen LogP contribution in [0.15, 0.2) is 40.7 Å². The lowest BCUT2D eigenvalue weighted by molar-refractivity contribution is 0.0601. The van der Waals surface area contributed by atoms with Gasteiger partial charge in [-0.3, -0.25) is 14.5 Å². The molecule has 0 radical (unpaired) electrons. The number of benzene rings is 2. The summed E-state index contributed by atoms with van der Waals surface area (Å²) in [5, 5.41) is 10.1. The third-order valence-corrected chi connectivity index (χ3v) is 4.42. The lowest BCUT2D eigenvalue weighted by Gasteiger charge is -2.28. The highest BCUT2D eigenvalue weighted by atomic mass is 16.5. The zero-order chi connectivity index (χ0) is 20.4. The molecule has 0 unspecified atom stereocenters. The number of amides is 3. The molecule has 146 valence electrons. The molecule has 0 aromatic heterocycles. The summed E-state index contributed by atoms with van der Waals surface area (Å²) in [6.45, 7) is 0.851. The van der Waals surface area contributed by atoms with Crippen molar-refractivity contribution in [3.05, 3.63) is 41.5 Å². The largest absolute Gasteiger partial charge is 0.451 e. The molecule has 0 fully saturated rings. The second-order valence-corrected chi connectivity index (χ2v) is 6.65. The van der Waals surface area contributed by atoms with Gasteiger partial charge in [-0.1, -0.05) is 17.4 Å². The van der Waals surface area contributed by atoms with Crippen molar-refractivity contribution in [2.24, 2.45) is 10.3 Å². The van der Waals surface area contributed by atoms with Crippen LogP contribution in [0.1, 0.15) is 20.7 Å². The maximum atomic E-state index is 13.0. The molecule has 0 bridgehead atoms. The predicted molar refractivity (Wildman–Crippen MR) is 103 cm³/mol. The Bertz CT molecular complexity index is 986. The van der Waals surface area contributed by atoms with Crippen LogP contribution in [0.3, 0.4) is 0 Å². The Morgan fingerprint density at radius 1 is 1.11 bits per heavy atom. The van der Waals surface area contributed by atoms with E-state index in [4.69, 9.17) is 0 Å². The maximum absolute atomic E-state index is 13.0. The summed E-state index contributed by atoms with van der Waals surface area (Å²) in [6.07, 6.45) is -0.662.